The van der Waals surface area contributed by atoms with Gasteiger partial charge in [0.25, 0.3) is 0 Å². The van der Waals surface area contributed by atoms with Crippen molar-refractivity contribution in [3.05, 3.63) is 53.1 Å². The van der Waals surface area contributed by atoms with Crippen LogP contribution in [0.3, 0.4) is 0 Å². The molecule has 2 atom stereocenters. The van der Waals surface area contributed by atoms with E-state index >= 15 is 0 Å². The number of terminal acetylenes is 1. The van der Waals surface area contributed by atoms with Gasteiger partial charge < -0.3 is 5.11 Å². The van der Waals surface area contributed by atoms with E-state index in [1.807, 2.05) is 6.07 Å². The molecule has 1 N–H and O–H groups in total. The molecule has 0 aliphatic heterocycles. The van der Waals surface area contributed by atoms with Gasteiger partial charge in [0.05, 0.1) is 0 Å². The molecule has 0 saturated carbocycles. The molecule has 0 amide bonds. The third kappa shape index (κ3) is 1.59. The zero-order valence-corrected chi connectivity index (χ0v) is 12.2. The van der Waals surface area contributed by atoms with Crippen LogP contribution < -0.4 is 0 Å². The van der Waals surface area contributed by atoms with Crippen LogP contribution in [0.5, 0.6) is 5.75 Å². The minimum Gasteiger partial charge on any atom is -0.508 e. The van der Waals surface area contributed by atoms with Gasteiger partial charge in [0, 0.05) is 11.0 Å². The second-order valence-corrected chi connectivity index (χ2v) is 6.51. The van der Waals surface area contributed by atoms with E-state index in [0.717, 1.165) is 24.6 Å². The largest absolute Gasteiger partial charge is 0.508 e. The van der Waals surface area contributed by atoms with Crippen LogP contribution >= 0.6 is 0 Å². The van der Waals surface area contributed by atoms with Crippen molar-refractivity contribution in [2.24, 2.45) is 5.41 Å². The minimum atomic E-state index is 0.131. The summed E-state index contributed by atoms with van der Waals surface area (Å²) in [6, 6.07) is 10.1. The number of allylic oxidation sites excluding steroid dienone is 2. The number of phenolic OH excluding ortho intramolecular Hbond substituents is 1. The summed E-state index contributed by atoms with van der Waals surface area (Å²) in [6.45, 7) is 2.32. The van der Waals surface area contributed by atoms with Crippen molar-refractivity contribution in [1.29, 1.82) is 0 Å². The lowest BCUT2D eigenvalue weighted by molar-refractivity contribution is 0.301. The molecule has 104 valence electrons. The summed E-state index contributed by atoms with van der Waals surface area (Å²) in [5.41, 5.74) is 4.21. The number of rotatable bonds is 0. The average molecular weight is 274 g/mol. The SMILES string of the molecule is C#CC1=CC[C@H]2c3ccc4cc(O)ccc4c3CC[C@]12C. The molecule has 2 aromatic carbocycles. The van der Waals surface area contributed by atoms with E-state index in [1.165, 1.54) is 22.1 Å². The van der Waals surface area contributed by atoms with Gasteiger partial charge in [-0.25, -0.2) is 0 Å². The average Bonchev–Trinajstić information content (AvgIpc) is 2.83. The lowest BCUT2D eigenvalue weighted by Crippen LogP contribution is -2.29. The van der Waals surface area contributed by atoms with E-state index in [2.05, 4.69) is 37.1 Å². The summed E-state index contributed by atoms with van der Waals surface area (Å²) in [5.74, 6) is 3.75. The summed E-state index contributed by atoms with van der Waals surface area (Å²) in [6.07, 6.45) is 11.2. The van der Waals surface area contributed by atoms with E-state index < -0.39 is 0 Å². The number of aromatic hydroxyl groups is 1. The maximum Gasteiger partial charge on any atom is 0.116 e. The maximum absolute atomic E-state index is 9.66. The number of phenols is 1. The molecule has 2 aromatic rings. The minimum absolute atomic E-state index is 0.131. The first-order valence-electron chi connectivity index (χ1n) is 7.55. The van der Waals surface area contributed by atoms with Crippen molar-refractivity contribution in [3.63, 3.8) is 0 Å². The molecule has 0 unspecified atom stereocenters. The molecular formula is C20H18O. The topological polar surface area (TPSA) is 20.2 Å². The van der Waals surface area contributed by atoms with Gasteiger partial charge in [-0.15, -0.1) is 6.42 Å². The molecule has 0 spiro atoms. The lowest BCUT2D eigenvalue weighted by atomic mass is 9.64. The van der Waals surface area contributed by atoms with Crippen LogP contribution in [0.25, 0.3) is 10.8 Å². The summed E-state index contributed by atoms with van der Waals surface area (Å²) < 4.78 is 0. The molecular weight excluding hydrogens is 256 g/mol. The first-order valence-corrected chi connectivity index (χ1v) is 7.55. The molecule has 0 bridgehead atoms. The molecule has 0 heterocycles. The highest BCUT2D eigenvalue weighted by molar-refractivity contribution is 5.88. The van der Waals surface area contributed by atoms with E-state index in [1.54, 1.807) is 6.07 Å². The highest BCUT2D eigenvalue weighted by Crippen LogP contribution is 2.56. The van der Waals surface area contributed by atoms with Crippen LogP contribution in [0.15, 0.2) is 42.0 Å². The zero-order valence-electron chi connectivity index (χ0n) is 12.2. The Bertz CT molecular complexity index is 822. The fraction of sp³-hybridized carbons (Fsp3) is 0.300. The second kappa shape index (κ2) is 4.15. The maximum atomic E-state index is 9.66. The molecule has 4 rings (SSSR count). The Morgan fingerprint density at radius 2 is 2.14 bits per heavy atom. The van der Waals surface area contributed by atoms with Crippen molar-refractivity contribution in [1.82, 2.24) is 0 Å². The third-order valence-corrected chi connectivity index (χ3v) is 5.52. The molecule has 0 aromatic heterocycles. The van der Waals surface area contributed by atoms with Gasteiger partial charge >= 0.3 is 0 Å². The van der Waals surface area contributed by atoms with Crippen molar-refractivity contribution < 1.29 is 5.11 Å². The zero-order chi connectivity index (χ0) is 14.6. The number of aryl methyl sites for hydroxylation is 1. The number of benzene rings is 2. The Balaban J connectivity index is 1.92. The standard InChI is InChI=1S/C20H18O/c1-3-14-5-9-19-18-7-4-13-12-15(21)6-8-16(13)17(18)10-11-20(14,19)2/h1,4-8,12,19,21H,9-11H2,2H3/t19-,20+/m0/s1. The molecule has 21 heavy (non-hydrogen) atoms. The van der Waals surface area contributed by atoms with E-state index in [9.17, 15) is 5.11 Å². The Morgan fingerprint density at radius 1 is 1.29 bits per heavy atom. The lowest BCUT2D eigenvalue weighted by Gasteiger charge is -2.39. The van der Waals surface area contributed by atoms with Gasteiger partial charge in [0.15, 0.2) is 0 Å². The fourth-order valence-corrected chi connectivity index (χ4v) is 4.31. The van der Waals surface area contributed by atoms with Crippen molar-refractivity contribution in [2.45, 2.75) is 32.1 Å². The van der Waals surface area contributed by atoms with Crippen LogP contribution in [-0.4, -0.2) is 5.11 Å². The first kappa shape index (κ1) is 12.5. The van der Waals surface area contributed by atoms with Gasteiger partial charge in [-0.2, -0.15) is 0 Å². The quantitative estimate of drug-likeness (QED) is 0.699. The molecule has 0 radical (unpaired) electrons. The van der Waals surface area contributed by atoms with Gasteiger partial charge in [0.2, 0.25) is 0 Å². The van der Waals surface area contributed by atoms with Crippen molar-refractivity contribution >= 4 is 10.8 Å². The molecule has 2 aliphatic carbocycles. The van der Waals surface area contributed by atoms with Crippen LogP contribution in [0, 0.1) is 17.8 Å². The third-order valence-electron chi connectivity index (χ3n) is 5.52. The van der Waals surface area contributed by atoms with Crippen LogP contribution in [-0.2, 0) is 6.42 Å². The van der Waals surface area contributed by atoms with Crippen molar-refractivity contribution in [3.8, 4) is 18.1 Å². The van der Waals surface area contributed by atoms with Crippen LogP contribution in [0.2, 0.25) is 0 Å². The molecule has 2 aliphatic rings. The molecule has 0 fully saturated rings. The summed E-state index contributed by atoms with van der Waals surface area (Å²) >= 11 is 0. The second-order valence-electron chi connectivity index (χ2n) is 6.51. The Hall–Kier alpha value is -2.20. The Kier molecular flexibility index (Phi) is 2.48. The molecule has 0 saturated heterocycles. The van der Waals surface area contributed by atoms with Gasteiger partial charge in [-0.3, -0.25) is 0 Å². The van der Waals surface area contributed by atoms with E-state index in [0.29, 0.717) is 11.7 Å². The monoisotopic (exact) mass is 274 g/mol. The van der Waals surface area contributed by atoms with E-state index in [-0.39, 0.29) is 5.41 Å². The number of hydrogen-bond donors (Lipinski definition) is 1. The normalized spacial score (nSPS) is 26.9. The molecule has 1 heteroatoms. The van der Waals surface area contributed by atoms with Crippen molar-refractivity contribution in [2.75, 3.05) is 0 Å². The number of hydrogen-bond acceptors (Lipinski definition) is 1. The fourth-order valence-electron chi connectivity index (χ4n) is 4.31. The first-order chi connectivity index (χ1) is 10.1. The highest BCUT2D eigenvalue weighted by atomic mass is 16.3. The molecule has 1 nitrogen and oxygen atoms in total. The predicted octanol–water partition coefficient (Wildman–Crippen LogP) is 4.54. The highest BCUT2D eigenvalue weighted by Gasteiger charge is 2.44. The number of fused-ring (bicyclic) bond motifs is 5. The predicted molar refractivity (Wildman–Crippen MR) is 86.3 cm³/mol. The smallest absolute Gasteiger partial charge is 0.116 e. The van der Waals surface area contributed by atoms with Crippen LogP contribution in [0.1, 0.15) is 36.8 Å². The summed E-state index contributed by atoms with van der Waals surface area (Å²) in [5, 5.41) is 12.1. The summed E-state index contributed by atoms with van der Waals surface area (Å²) in [7, 11) is 0. The summed E-state index contributed by atoms with van der Waals surface area (Å²) in [4.78, 5) is 0. The van der Waals surface area contributed by atoms with Gasteiger partial charge in [-0.05, 0) is 59.2 Å². The Labute approximate surface area is 125 Å². The van der Waals surface area contributed by atoms with Crippen LogP contribution in [0.4, 0.5) is 0 Å². The van der Waals surface area contributed by atoms with Gasteiger partial charge in [-0.1, -0.05) is 37.1 Å². The van der Waals surface area contributed by atoms with E-state index in [4.69, 9.17) is 6.42 Å². The van der Waals surface area contributed by atoms with Gasteiger partial charge in [0.1, 0.15) is 5.75 Å². The Morgan fingerprint density at radius 3 is 2.95 bits per heavy atom.